The van der Waals surface area contributed by atoms with E-state index in [1.54, 1.807) is 12.1 Å². The molecule has 1 aliphatic carbocycles. The van der Waals surface area contributed by atoms with Crippen molar-refractivity contribution in [3.8, 4) is 5.75 Å². The average molecular weight is 609 g/mol. The number of nitrogens with two attached hydrogens (primary N) is 1. The van der Waals surface area contributed by atoms with E-state index in [-0.39, 0.29) is 43.1 Å². The molecule has 3 aliphatic heterocycles. The fourth-order valence-electron chi connectivity index (χ4n) is 6.24. The number of halogens is 3. The van der Waals surface area contributed by atoms with Crippen molar-refractivity contribution in [1.29, 1.82) is 0 Å². The quantitative estimate of drug-likeness (QED) is 0.446. The van der Waals surface area contributed by atoms with E-state index in [2.05, 4.69) is 25.4 Å². The normalized spacial score (nSPS) is 21.0. The number of hydrogen-bond donors (Lipinski definition) is 2. The molecule has 2 saturated heterocycles. The molecule has 5 heterocycles. The summed E-state index contributed by atoms with van der Waals surface area (Å²) in [5, 5.41) is 11.3. The largest absolute Gasteiger partial charge is 0.480 e. The third-order valence-corrected chi connectivity index (χ3v) is 8.17. The van der Waals surface area contributed by atoms with Crippen LogP contribution in [0, 0.1) is 11.7 Å². The SMILES string of the molecule is Cl.Cl.NCCn1nc2cc3c(c(F)c2n1)CC(CN1CCC2(CC1)CN(c1ccc4c(n1)NC(=O)CO4)C(=O)O2)C3. The van der Waals surface area contributed by atoms with Crippen LogP contribution in [-0.2, 0) is 28.9 Å². The number of carbonyl (C=O) groups is 2. The van der Waals surface area contributed by atoms with Gasteiger partial charge in [-0.05, 0) is 48.1 Å². The first kappa shape index (κ1) is 29.2. The maximum atomic E-state index is 15.3. The van der Waals surface area contributed by atoms with E-state index in [4.69, 9.17) is 15.2 Å². The van der Waals surface area contributed by atoms with Crippen molar-refractivity contribution in [1.82, 2.24) is 24.9 Å². The molecule has 2 aromatic heterocycles. The molecule has 1 spiro atoms. The Hall–Kier alpha value is -3.26. The fourth-order valence-corrected chi connectivity index (χ4v) is 6.24. The van der Waals surface area contributed by atoms with E-state index in [9.17, 15) is 9.59 Å². The number of aromatic nitrogens is 4. The summed E-state index contributed by atoms with van der Waals surface area (Å²) < 4.78 is 26.5. The molecule has 2 amide bonds. The maximum absolute atomic E-state index is 15.3. The van der Waals surface area contributed by atoms with Gasteiger partial charge in [0, 0.05) is 39.0 Å². The highest BCUT2D eigenvalue weighted by Crippen LogP contribution is 2.38. The zero-order valence-corrected chi connectivity index (χ0v) is 23.8. The molecule has 3 aromatic rings. The molecule has 1 unspecified atom stereocenters. The zero-order valence-electron chi connectivity index (χ0n) is 22.2. The second-order valence-corrected chi connectivity index (χ2v) is 10.8. The molecule has 12 nitrogen and oxygen atoms in total. The number of carbonyl (C=O) groups excluding carboxylic acids is 2. The van der Waals surface area contributed by atoms with Crippen molar-refractivity contribution >= 4 is 59.5 Å². The van der Waals surface area contributed by atoms with Crippen molar-refractivity contribution in [2.45, 2.75) is 37.8 Å². The molecular formula is C26H31Cl2FN8O4. The maximum Gasteiger partial charge on any atom is 0.416 e. The van der Waals surface area contributed by atoms with Crippen LogP contribution in [0.1, 0.15) is 24.0 Å². The predicted molar refractivity (Wildman–Crippen MR) is 153 cm³/mol. The van der Waals surface area contributed by atoms with Crippen LogP contribution in [0.3, 0.4) is 0 Å². The van der Waals surface area contributed by atoms with Gasteiger partial charge in [-0.25, -0.2) is 14.2 Å². The standard InChI is InChI=1S/C26H29FN8O4.2ClH/c27-22-17-10-15(9-16(17)11-18-23(22)32-35(31-18)8-5-28)12-33-6-3-26(4-7-33)14-34(25(37)39-26)20-2-1-19-24(29-20)30-21(36)13-38-19;;/h1-2,11,15H,3-10,12-14,28H2,(H,29,30,36);2*1H. The summed E-state index contributed by atoms with van der Waals surface area (Å²) in [4.78, 5) is 34.3. The summed E-state index contributed by atoms with van der Waals surface area (Å²) >= 11 is 0. The van der Waals surface area contributed by atoms with Gasteiger partial charge < -0.3 is 25.4 Å². The number of amides is 2. The van der Waals surface area contributed by atoms with Crippen LogP contribution in [-0.4, -0.2) is 81.8 Å². The van der Waals surface area contributed by atoms with Crippen LogP contribution in [0.2, 0.25) is 0 Å². The summed E-state index contributed by atoms with van der Waals surface area (Å²) in [6.07, 6.45) is 2.46. The highest BCUT2D eigenvalue weighted by Gasteiger charge is 2.48. The van der Waals surface area contributed by atoms with E-state index >= 15 is 4.39 Å². The van der Waals surface area contributed by atoms with Crippen LogP contribution in [0.15, 0.2) is 18.2 Å². The first-order valence-electron chi connectivity index (χ1n) is 13.3. The van der Waals surface area contributed by atoms with Crippen LogP contribution in [0.5, 0.6) is 5.75 Å². The Kier molecular flexibility index (Phi) is 7.99. The minimum atomic E-state index is -0.575. The molecule has 1 atom stereocenters. The summed E-state index contributed by atoms with van der Waals surface area (Å²) in [5.41, 5.74) is 7.67. The van der Waals surface area contributed by atoms with Crippen LogP contribution < -0.4 is 20.7 Å². The Morgan fingerprint density at radius 3 is 2.73 bits per heavy atom. The molecule has 220 valence electrons. The van der Waals surface area contributed by atoms with E-state index < -0.39 is 11.7 Å². The Labute approximate surface area is 247 Å². The molecule has 0 radical (unpaired) electrons. The second-order valence-electron chi connectivity index (χ2n) is 10.8. The van der Waals surface area contributed by atoms with Gasteiger partial charge >= 0.3 is 6.09 Å². The molecule has 0 bridgehead atoms. The minimum Gasteiger partial charge on any atom is -0.480 e. The van der Waals surface area contributed by atoms with Crippen molar-refractivity contribution in [2.24, 2.45) is 11.7 Å². The lowest BCUT2D eigenvalue weighted by atomic mass is 9.90. The van der Waals surface area contributed by atoms with Gasteiger partial charge in [-0.2, -0.15) is 15.0 Å². The molecular weight excluding hydrogens is 578 g/mol. The van der Waals surface area contributed by atoms with E-state index in [0.717, 1.165) is 37.2 Å². The molecule has 0 saturated carbocycles. The average Bonchev–Trinajstić information content (AvgIpc) is 3.61. The van der Waals surface area contributed by atoms with Gasteiger partial charge in [0.15, 0.2) is 24.0 Å². The van der Waals surface area contributed by atoms with Gasteiger partial charge in [-0.3, -0.25) is 9.69 Å². The fraction of sp³-hybridized carbons (Fsp3) is 0.500. The lowest BCUT2D eigenvalue weighted by molar-refractivity contribution is -0.118. The number of rotatable bonds is 5. The smallest absolute Gasteiger partial charge is 0.416 e. The number of nitrogens with zero attached hydrogens (tertiary/aromatic N) is 6. The van der Waals surface area contributed by atoms with Gasteiger partial charge in [-0.1, -0.05) is 0 Å². The summed E-state index contributed by atoms with van der Waals surface area (Å²) in [7, 11) is 0. The number of anilines is 2. The van der Waals surface area contributed by atoms with Crippen molar-refractivity contribution in [3.63, 3.8) is 0 Å². The van der Waals surface area contributed by atoms with Crippen LogP contribution in [0.4, 0.5) is 20.8 Å². The van der Waals surface area contributed by atoms with Crippen molar-refractivity contribution < 1.29 is 23.5 Å². The van der Waals surface area contributed by atoms with E-state index in [0.29, 0.717) is 73.2 Å². The van der Waals surface area contributed by atoms with Gasteiger partial charge in [-0.15, -0.1) is 24.8 Å². The Morgan fingerprint density at radius 1 is 1.15 bits per heavy atom. The number of ether oxygens (including phenoxy) is 2. The number of fused-ring (bicyclic) bond motifs is 3. The zero-order chi connectivity index (χ0) is 26.7. The third-order valence-electron chi connectivity index (χ3n) is 8.17. The number of nitrogens with one attached hydrogen (secondary N) is 1. The lowest BCUT2D eigenvalue weighted by Gasteiger charge is -2.38. The van der Waals surface area contributed by atoms with Gasteiger partial charge in [0.2, 0.25) is 0 Å². The number of likely N-dealkylation sites (tertiary alicyclic amines) is 1. The van der Waals surface area contributed by atoms with Gasteiger partial charge in [0.25, 0.3) is 5.91 Å². The van der Waals surface area contributed by atoms with E-state index in [1.807, 2.05) is 6.07 Å². The summed E-state index contributed by atoms with van der Waals surface area (Å²) in [5.74, 6) is 0.978. The number of hydrogen-bond acceptors (Lipinski definition) is 9. The van der Waals surface area contributed by atoms with Crippen molar-refractivity contribution in [2.75, 3.05) is 49.5 Å². The lowest BCUT2D eigenvalue weighted by Crippen LogP contribution is -2.48. The monoisotopic (exact) mass is 608 g/mol. The molecule has 15 heteroatoms. The first-order chi connectivity index (χ1) is 18.9. The molecule has 4 aliphatic rings. The predicted octanol–water partition coefficient (Wildman–Crippen LogP) is 2.30. The van der Waals surface area contributed by atoms with Crippen LogP contribution in [0.25, 0.3) is 11.0 Å². The summed E-state index contributed by atoms with van der Waals surface area (Å²) in [6.45, 7) is 3.64. The van der Waals surface area contributed by atoms with Crippen molar-refractivity contribution in [3.05, 3.63) is 35.1 Å². The molecule has 2 fully saturated rings. The molecule has 7 rings (SSSR count). The second kappa shape index (κ2) is 11.2. The molecule has 3 N–H and O–H groups in total. The van der Waals surface area contributed by atoms with Crippen LogP contribution >= 0.6 is 24.8 Å². The minimum absolute atomic E-state index is 0. The third kappa shape index (κ3) is 5.27. The van der Waals surface area contributed by atoms with Gasteiger partial charge in [0.1, 0.15) is 22.5 Å². The number of piperidine rings is 1. The molecule has 1 aromatic carbocycles. The summed E-state index contributed by atoms with van der Waals surface area (Å²) in [6, 6.07) is 5.38. The topological polar surface area (TPSA) is 141 Å². The molecule has 41 heavy (non-hydrogen) atoms. The van der Waals surface area contributed by atoms with E-state index in [1.165, 1.54) is 9.70 Å². The highest BCUT2D eigenvalue weighted by molar-refractivity contribution is 5.95. The first-order valence-corrected chi connectivity index (χ1v) is 13.3. The Bertz CT molecular complexity index is 1500. The number of benzene rings is 1. The highest BCUT2D eigenvalue weighted by atomic mass is 35.5. The Balaban J connectivity index is 0.00000169. The number of pyridine rings is 1. The Morgan fingerprint density at radius 2 is 1.95 bits per heavy atom. The van der Waals surface area contributed by atoms with Gasteiger partial charge in [0.05, 0.1) is 13.1 Å².